The molecule has 0 radical (unpaired) electrons. The Morgan fingerprint density at radius 2 is 2.00 bits per heavy atom. The minimum atomic E-state index is -0.230. The summed E-state index contributed by atoms with van der Waals surface area (Å²) in [6.45, 7) is 4.24. The summed E-state index contributed by atoms with van der Waals surface area (Å²) in [7, 11) is 1.39. The second-order valence-corrected chi connectivity index (χ2v) is 3.82. The zero-order valence-electron chi connectivity index (χ0n) is 10.3. The van der Waals surface area contributed by atoms with Gasteiger partial charge in [-0.3, -0.25) is 9.69 Å². The number of halogens is 1. The summed E-state index contributed by atoms with van der Waals surface area (Å²) in [5, 5.41) is 0. The monoisotopic (exact) mass is 239 g/mol. The largest absolute Gasteiger partial charge is 0.469 e. The molecule has 0 aliphatic heterocycles. The van der Waals surface area contributed by atoms with Crippen LogP contribution in [-0.4, -0.2) is 31.1 Å². The number of esters is 1. The highest BCUT2D eigenvalue weighted by Gasteiger charge is 2.07. The standard InChI is InChI=1S/C13H18FNO2/c1-3-15(9-8-13(16)17-2)10-11-4-6-12(14)7-5-11/h4-7H,3,8-10H2,1-2H3. The molecule has 0 aromatic heterocycles. The number of ether oxygens (including phenoxy) is 1. The highest BCUT2D eigenvalue weighted by atomic mass is 19.1. The van der Waals surface area contributed by atoms with E-state index >= 15 is 0 Å². The van der Waals surface area contributed by atoms with Crippen molar-refractivity contribution in [1.29, 1.82) is 0 Å². The summed E-state index contributed by atoms with van der Waals surface area (Å²) >= 11 is 0. The molecule has 94 valence electrons. The number of carbonyl (C=O) groups is 1. The molecule has 1 aromatic carbocycles. The van der Waals surface area contributed by atoms with Crippen molar-refractivity contribution >= 4 is 5.97 Å². The van der Waals surface area contributed by atoms with Crippen LogP contribution in [0.15, 0.2) is 24.3 Å². The zero-order valence-corrected chi connectivity index (χ0v) is 10.3. The van der Waals surface area contributed by atoms with Crippen LogP contribution in [0.4, 0.5) is 4.39 Å². The third-order valence-electron chi connectivity index (χ3n) is 2.63. The van der Waals surface area contributed by atoms with Gasteiger partial charge < -0.3 is 4.74 Å². The summed E-state index contributed by atoms with van der Waals surface area (Å²) in [4.78, 5) is 13.1. The van der Waals surface area contributed by atoms with Crippen LogP contribution in [-0.2, 0) is 16.1 Å². The second kappa shape index (κ2) is 7.01. The zero-order chi connectivity index (χ0) is 12.7. The lowest BCUT2D eigenvalue weighted by molar-refractivity contribution is -0.141. The van der Waals surface area contributed by atoms with Crippen molar-refractivity contribution in [2.75, 3.05) is 20.2 Å². The molecule has 0 aliphatic carbocycles. The Morgan fingerprint density at radius 3 is 2.53 bits per heavy atom. The van der Waals surface area contributed by atoms with E-state index in [9.17, 15) is 9.18 Å². The van der Waals surface area contributed by atoms with Crippen LogP contribution in [0.3, 0.4) is 0 Å². The molecule has 0 aliphatic rings. The van der Waals surface area contributed by atoms with Crippen LogP contribution in [0, 0.1) is 5.82 Å². The highest BCUT2D eigenvalue weighted by Crippen LogP contribution is 2.07. The average molecular weight is 239 g/mol. The van der Waals surface area contributed by atoms with Crippen molar-refractivity contribution in [3.8, 4) is 0 Å². The van der Waals surface area contributed by atoms with Crippen molar-refractivity contribution in [3.05, 3.63) is 35.6 Å². The van der Waals surface area contributed by atoms with Crippen LogP contribution < -0.4 is 0 Å². The molecule has 4 heteroatoms. The van der Waals surface area contributed by atoms with E-state index in [4.69, 9.17) is 0 Å². The number of carbonyl (C=O) groups excluding carboxylic acids is 1. The van der Waals surface area contributed by atoms with Gasteiger partial charge in [0.15, 0.2) is 0 Å². The molecular weight excluding hydrogens is 221 g/mol. The quantitative estimate of drug-likeness (QED) is 0.713. The summed E-state index contributed by atoms with van der Waals surface area (Å²) in [5.74, 6) is -0.436. The fourth-order valence-corrected chi connectivity index (χ4v) is 1.55. The van der Waals surface area contributed by atoms with Gasteiger partial charge in [-0.15, -0.1) is 0 Å². The number of methoxy groups -OCH3 is 1. The molecule has 0 amide bonds. The summed E-state index contributed by atoms with van der Waals surface area (Å²) in [6, 6.07) is 6.42. The molecule has 0 heterocycles. The Labute approximate surface area is 101 Å². The molecule has 1 aromatic rings. The lowest BCUT2D eigenvalue weighted by Crippen LogP contribution is -2.26. The third kappa shape index (κ3) is 4.95. The van der Waals surface area contributed by atoms with Gasteiger partial charge in [-0.05, 0) is 24.2 Å². The maximum absolute atomic E-state index is 12.7. The first kappa shape index (κ1) is 13.6. The number of nitrogens with zero attached hydrogens (tertiary/aromatic N) is 1. The maximum Gasteiger partial charge on any atom is 0.306 e. The predicted molar refractivity (Wildman–Crippen MR) is 64.0 cm³/mol. The molecule has 0 saturated carbocycles. The SMILES string of the molecule is CCN(CCC(=O)OC)Cc1ccc(F)cc1. The number of hydrogen-bond donors (Lipinski definition) is 0. The molecule has 0 saturated heterocycles. The van der Waals surface area contributed by atoms with E-state index in [1.54, 1.807) is 12.1 Å². The van der Waals surface area contributed by atoms with Crippen LogP contribution >= 0.6 is 0 Å². The van der Waals surface area contributed by atoms with E-state index in [1.807, 2.05) is 6.92 Å². The lowest BCUT2D eigenvalue weighted by Gasteiger charge is -2.19. The van der Waals surface area contributed by atoms with Gasteiger partial charge in [-0.2, -0.15) is 0 Å². The van der Waals surface area contributed by atoms with Gasteiger partial charge in [0.05, 0.1) is 13.5 Å². The van der Waals surface area contributed by atoms with E-state index in [0.29, 0.717) is 19.5 Å². The molecule has 0 N–H and O–H groups in total. The Balaban J connectivity index is 2.46. The van der Waals surface area contributed by atoms with Crippen molar-refractivity contribution in [2.24, 2.45) is 0 Å². The summed E-state index contributed by atoms with van der Waals surface area (Å²) in [6.07, 6.45) is 0.380. The lowest BCUT2D eigenvalue weighted by atomic mass is 10.2. The van der Waals surface area contributed by atoms with Crippen LogP contribution in [0.5, 0.6) is 0 Å². The first-order chi connectivity index (χ1) is 8.15. The van der Waals surface area contributed by atoms with E-state index in [1.165, 1.54) is 19.2 Å². The molecule has 0 unspecified atom stereocenters. The van der Waals surface area contributed by atoms with E-state index in [-0.39, 0.29) is 11.8 Å². The Bertz CT molecular complexity index is 351. The molecule has 0 fully saturated rings. The molecule has 1 rings (SSSR count). The number of benzene rings is 1. The molecule has 0 spiro atoms. The third-order valence-corrected chi connectivity index (χ3v) is 2.63. The highest BCUT2D eigenvalue weighted by molar-refractivity contribution is 5.69. The van der Waals surface area contributed by atoms with E-state index in [2.05, 4.69) is 9.64 Å². The normalized spacial score (nSPS) is 10.6. The first-order valence-corrected chi connectivity index (χ1v) is 5.69. The minimum absolute atomic E-state index is 0.206. The van der Waals surface area contributed by atoms with Gasteiger partial charge in [-0.1, -0.05) is 19.1 Å². The fourth-order valence-electron chi connectivity index (χ4n) is 1.55. The Kier molecular flexibility index (Phi) is 5.63. The topological polar surface area (TPSA) is 29.5 Å². The first-order valence-electron chi connectivity index (χ1n) is 5.69. The molecule has 0 bridgehead atoms. The number of rotatable bonds is 6. The summed E-state index contributed by atoms with van der Waals surface area (Å²) < 4.78 is 17.3. The van der Waals surface area contributed by atoms with Gasteiger partial charge in [0.25, 0.3) is 0 Å². The van der Waals surface area contributed by atoms with Gasteiger partial charge in [0.1, 0.15) is 5.82 Å². The Hall–Kier alpha value is -1.42. The van der Waals surface area contributed by atoms with Crippen LogP contribution in [0.25, 0.3) is 0 Å². The van der Waals surface area contributed by atoms with E-state index < -0.39 is 0 Å². The van der Waals surface area contributed by atoms with Crippen LogP contribution in [0.1, 0.15) is 18.9 Å². The maximum atomic E-state index is 12.7. The van der Waals surface area contributed by atoms with Gasteiger partial charge in [0.2, 0.25) is 0 Å². The second-order valence-electron chi connectivity index (χ2n) is 3.82. The van der Waals surface area contributed by atoms with Gasteiger partial charge in [0, 0.05) is 13.1 Å². The molecule has 17 heavy (non-hydrogen) atoms. The number of hydrogen-bond acceptors (Lipinski definition) is 3. The predicted octanol–water partition coefficient (Wildman–Crippen LogP) is 2.21. The Morgan fingerprint density at radius 1 is 1.35 bits per heavy atom. The fraction of sp³-hybridized carbons (Fsp3) is 0.462. The molecule has 3 nitrogen and oxygen atoms in total. The van der Waals surface area contributed by atoms with Crippen molar-refractivity contribution < 1.29 is 13.9 Å². The van der Waals surface area contributed by atoms with Gasteiger partial charge >= 0.3 is 5.97 Å². The molecule has 0 atom stereocenters. The smallest absolute Gasteiger partial charge is 0.306 e. The summed E-state index contributed by atoms with van der Waals surface area (Å²) in [5.41, 5.74) is 1.04. The van der Waals surface area contributed by atoms with Crippen molar-refractivity contribution in [1.82, 2.24) is 4.90 Å². The van der Waals surface area contributed by atoms with Crippen molar-refractivity contribution in [3.63, 3.8) is 0 Å². The van der Waals surface area contributed by atoms with E-state index in [0.717, 1.165) is 12.1 Å². The van der Waals surface area contributed by atoms with Gasteiger partial charge in [-0.25, -0.2) is 4.39 Å². The van der Waals surface area contributed by atoms with Crippen molar-refractivity contribution in [2.45, 2.75) is 19.9 Å². The van der Waals surface area contributed by atoms with Crippen LogP contribution in [0.2, 0.25) is 0 Å². The minimum Gasteiger partial charge on any atom is -0.469 e. The molecular formula is C13H18FNO2. The average Bonchev–Trinajstić information content (AvgIpc) is 2.36.